The lowest BCUT2D eigenvalue weighted by atomic mass is 9.96. The molecule has 3 rings (SSSR count). The van der Waals surface area contributed by atoms with E-state index in [1.54, 1.807) is 19.2 Å². The predicted molar refractivity (Wildman–Crippen MR) is 114 cm³/mol. The summed E-state index contributed by atoms with van der Waals surface area (Å²) in [6.07, 6.45) is 3.10. The highest BCUT2D eigenvalue weighted by molar-refractivity contribution is 6.30. The molecule has 0 saturated carbocycles. The zero-order chi connectivity index (χ0) is 19.9. The molecule has 28 heavy (non-hydrogen) atoms. The van der Waals surface area contributed by atoms with Crippen molar-refractivity contribution in [2.75, 3.05) is 40.3 Å². The van der Waals surface area contributed by atoms with Crippen molar-refractivity contribution in [1.29, 1.82) is 0 Å². The molecule has 0 atom stereocenters. The highest BCUT2D eigenvalue weighted by Crippen LogP contribution is 2.20. The maximum atomic E-state index is 13.2. The largest absolute Gasteiger partial charge is 0.497 e. The van der Waals surface area contributed by atoms with Gasteiger partial charge in [-0.15, -0.1) is 0 Å². The molecule has 0 radical (unpaired) electrons. The number of rotatable bonds is 7. The van der Waals surface area contributed by atoms with Crippen molar-refractivity contribution in [1.82, 2.24) is 9.80 Å². The summed E-state index contributed by atoms with van der Waals surface area (Å²) < 4.78 is 5.23. The first-order chi connectivity index (χ1) is 13.5. The first-order valence-corrected chi connectivity index (χ1v) is 10.3. The fraction of sp³-hybridized carbons (Fsp3) is 0.435. The van der Waals surface area contributed by atoms with Crippen molar-refractivity contribution in [2.24, 2.45) is 5.92 Å². The lowest BCUT2D eigenvalue weighted by Crippen LogP contribution is -2.40. The second kappa shape index (κ2) is 9.94. The van der Waals surface area contributed by atoms with Crippen LogP contribution in [-0.4, -0.2) is 56.0 Å². The van der Waals surface area contributed by atoms with E-state index in [-0.39, 0.29) is 5.91 Å². The molecule has 0 aliphatic carbocycles. The van der Waals surface area contributed by atoms with Gasteiger partial charge in [0.2, 0.25) is 0 Å². The Bertz CT molecular complexity index is 770. The van der Waals surface area contributed by atoms with E-state index < -0.39 is 0 Å². The number of amides is 1. The molecule has 2 aromatic rings. The molecule has 1 heterocycles. The second-order valence-electron chi connectivity index (χ2n) is 7.61. The van der Waals surface area contributed by atoms with Gasteiger partial charge in [0.15, 0.2) is 0 Å². The molecule has 1 fully saturated rings. The van der Waals surface area contributed by atoms with Crippen LogP contribution in [0.4, 0.5) is 0 Å². The van der Waals surface area contributed by atoms with Crippen LogP contribution in [0.25, 0.3) is 0 Å². The fourth-order valence-electron chi connectivity index (χ4n) is 3.69. The van der Waals surface area contributed by atoms with Crippen LogP contribution in [-0.2, 0) is 6.42 Å². The van der Waals surface area contributed by atoms with Crippen LogP contribution in [0.1, 0.15) is 28.8 Å². The SMILES string of the molecule is COc1ccc(CCN(CC2CCN(C)CC2)C(=O)c2cccc(Cl)c2)cc1. The second-order valence-corrected chi connectivity index (χ2v) is 8.04. The van der Waals surface area contributed by atoms with Crippen LogP contribution >= 0.6 is 11.6 Å². The van der Waals surface area contributed by atoms with Gasteiger partial charge in [-0.25, -0.2) is 0 Å². The van der Waals surface area contributed by atoms with E-state index in [1.165, 1.54) is 5.56 Å². The molecular formula is C23H29ClN2O2. The predicted octanol–water partition coefficient (Wildman–Crippen LogP) is 4.38. The van der Waals surface area contributed by atoms with E-state index in [2.05, 4.69) is 24.1 Å². The zero-order valence-electron chi connectivity index (χ0n) is 16.7. The standard InChI is InChI=1S/C23H29ClN2O2/c1-25-13-10-19(11-14-25)17-26(23(27)20-4-3-5-21(24)16-20)15-12-18-6-8-22(28-2)9-7-18/h3-9,16,19H,10-15,17H2,1-2H3. The summed E-state index contributed by atoms with van der Waals surface area (Å²) in [6, 6.07) is 15.3. The average molecular weight is 401 g/mol. The number of likely N-dealkylation sites (tertiary alicyclic amines) is 1. The van der Waals surface area contributed by atoms with Crippen molar-refractivity contribution >= 4 is 17.5 Å². The van der Waals surface area contributed by atoms with Crippen LogP contribution in [0, 0.1) is 5.92 Å². The fourth-order valence-corrected chi connectivity index (χ4v) is 3.88. The van der Waals surface area contributed by atoms with Crippen LogP contribution in [0.5, 0.6) is 5.75 Å². The topological polar surface area (TPSA) is 32.8 Å². The quantitative estimate of drug-likeness (QED) is 0.691. The molecule has 0 bridgehead atoms. The number of hydrogen-bond donors (Lipinski definition) is 0. The summed E-state index contributed by atoms with van der Waals surface area (Å²) in [5, 5.41) is 0.597. The first kappa shape index (κ1) is 20.7. The molecule has 0 unspecified atom stereocenters. The van der Waals surface area contributed by atoms with Gasteiger partial charge in [0.25, 0.3) is 5.91 Å². The van der Waals surface area contributed by atoms with Crippen LogP contribution in [0.15, 0.2) is 48.5 Å². The van der Waals surface area contributed by atoms with Gasteiger partial charge in [0, 0.05) is 23.7 Å². The number of hydrogen-bond acceptors (Lipinski definition) is 3. The third kappa shape index (κ3) is 5.73. The molecule has 1 saturated heterocycles. The molecule has 1 aliphatic rings. The number of ether oxygens (including phenoxy) is 1. The minimum absolute atomic E-state index is 0.0648. The lowest BCUT2D eigenvalue weighted by molar-refractivity contribution is 0.0700. The van der Waals surface area contributed by atoms with E-state index in [0.717, 1.165) is 44.6 Å². The Hall–Kier alpha value is -2.04. The minimum Gasteiger partial charge on any atom is -0.497 e. The van der Waals surface area contributed by atoms with E-state index in [1.807, 2.05) is 29.2 Å². The third-order valence-corrected chi connectivity index (χ3v) is 5.74. The summed E-state index contributed by atoms with van der Waals surface area (Å²) in [5.74, 6) is 1.46. The molecular weight excluding hydrogens is 372 g/mol. The molecule has 5 heteroatoms. The molecule has 1 aliphatic heterocycles. The normalized spacial score (nSPS) is 15.4. The minimum atomic E-state index is 0.0648. The van der Waals surface area contributed by atoms with Crippen LogP contribution in [0.2, 0.25) is 5.02 Å². The van der Waals surface area contributed by atoms with Gasteiger partial charge in [-0.2, -0.15) is 0 Å². The van der Waals surface area contributed by atoms with E-state index in [0.29, 0.717) is 23.0 Å². The Morgan fingerprint density at radius 3 is 2.54 bits per heavy atom. The summed E-state index contributed by atoms with van der Waals surface area (Å²) in [6.45, 7) is 3.70. The Morgan fingerprint density at radius 2 is 1.89 bits per heavy atom. The molecule has 4 nitrogen and oxygen atoms in total. The summed E-state index contributed by atoms with van der Waals surface area (Å²) in [4.78, 5) is 17.6. The average Bonchev–Trinajstić information content (AvgIpc) is 2.72. The van der Waals surface area contributed by atoms with Gasteiger partial charge in [0.05, 0.1) is 7.11 Å². The highest BCUT2D eigenvalue weighted by Gasteiger charge is 2.23. The number of carbonyl (C=O) groups excluding carboxylic acids is 1. The van der Waals surface area contributed by atoms with Gasteiger partial charge in [0.1, 0.15) is 5.75 Å². The van der Waals surface area contributed by atoms with Gasteiger partial charge in [-0.1, -0.05) is 29.8 Å². The molecule has 2 aromatic carbocycles. The smallest absolute Gasteiger partial charge is 0.253 e. The molecule has 0 aromatic heterocycles. The Balaban J connectivity index is 1.70. The highest BCUT2D eigenvalue weighted by atomic mass is 35.5. The van der Waals surface area contributed by atoms with Gasteiger partial charge in [-0.05, 0) is 81.2 Å². The van der Waals surface area contributed by atoms with Crippen molar-refractivity contribution < 1.29 is 9.53 Å². The van der Waals surface area contributed by atoms with Crippen LogP contribution < -0.4 is 4.74 Å². The maximum absolute atomic E-state index is 13.2. The zero-order valence-corrected chi connectivity index (χ0v) is 17.5. The van der Waals surface area contributed by atoms with E-state index >= 15 is 0 Å². The Labute approximate surface area is 173 Å². The number of halogens is 1. The molecule has 1 amide bonds. The molecule has 150 valence electrons. The van der Waals surface area contributed by atoms with Crippen molar-refractivity contribution in [3.63, 3.8) is 0 Å². The van der Waals surface area contributed by atoms with Crippen LogP contribution in [0.3, 0.4) is 0 Å². The molecule has 0 spiro atoms. The first-order valence-electron chi connectivity index (χ1n) is 9.91. The van der Waals surface area contributed by atoms with E-state index in [9.17, 15) is 4.79 Å². The number of piperidine rings is 1. The monoisotopic (exact) mass is 400 g/mol. The maximum Gasteiger partial charge on any atom is 0.253 e. The van der Waals surface area contributed by atoms with Crippen molar-refractivity contribution in [3.8, 4) is 5.75 Å². The number of carbonyl (C=O) groups is 1. The van der Waals surface area contributed by atoms with Gasteiger partial charge < -0.3 is 14.5 Å². The summed E-state index contributed by atoms with van der Waals surface area (Å²) in [7, 11) is 3.83. The third-order valence-electron chi connectivity index (χ3n) is 5.50. The number of benzene rings is 2. The number of nitrogens with zero attached hydrogens (tertiary/aromatic N) is 2. The summed E-state index contributed by atoms with van der Waals surface area (Å²) in [5.41, 5.74) is 1.86. The van der Waals surface area contributed by atoms with Gasteiger partial charge in [-0.3, -0.25) is 4.79 Å². The van der Waals surface area contributed by atoms with Gasteiger partial charge >= 0.3 is 0 Å². The van der Waals surface area contributed by atoms with Crippen molar-refractivity contribution in [3.05, 3.63) is 64.7 Å². The number of methoxy groups -OCH3 is 1. The Morgan fingerprint density at radius 1 is 1.18 bits per heavy atom. The van der Waals surface area contributed by atoms with E-state index in [4.69, 9.17) is 16.3 Å². The lowest BCUT2D eigenvalue weighted by Gasteiger charge is -2.33. The Kier molecular flexibility index (Phi) is 7.35. The summed E-state index contributed by atoms with van der Waals surface area (Å²) >= 11 is 6.11. The van der Waals surface area contributed by atoms with Crippen molar-refractivity contribution in [2.45, 2.75) is 19.3 Å². The molecule has 0 N–H and O–H groups in total.